The molecule has 2 heterocycles. The normalized spacial score (nSPS) is 17.6. The highest BCUT2D eigenvalue weighted by Crippen LogP contribution is 2.27. The van der Waals surface area contributed by atoms with E-state index in [1.54, 1.807) is 0 Å². The molecule has 0 atom stereocenters. The molecule has 0 unspecified atom stereocenters. The fraction of sp³-hybridized carbons (Fsp3) is 0.500. The molecule has 0 bridgehead atoms. The van der Waals surface area contributed by atoms with Crippen molar-refractivity contribution in [3.63, 3.8) is 0 Å². The Morgan fingerprint density at radius 2 is 2.17 bits per heavy atom. The van der Waals surface area contributed by atoms with Crippen LogP contribution in [0.25, 0.3) is 0 Å². The van der Waals surface area contributed by atoms with E-state index in [0.717, 1.165) is 32.6 Å². The van der Waals surface area contributed by atoms with Gasteiger partial charge in [-0.3, -0.25) is 0 Å². The number of likely N-dealkylation sites (N-methyl/N-ethyl adjacent to an activating group) is 1. The maximum absolute atomic E-state index is 11.0. The van der Waals surface area contributed by atoms with Gasteiger partial charge in [-0.2, -0.15) is 0 Å². The first-order valence-corrected chi connectivity index (χ1v) is 6.28. The van der Waals surface area contributed by atoms with Gasteiger partial charge in [0.15, 0.2) is 0 Å². The van der Waals surface area contributed by atoms with Crippen molar-refractivity contribution < 1.29 is 9.90 Å². The van der Waals surface area contributed by atoms with Crippen LogP contribution in [0.4, 0.5) is 5.82 Å². The molecule has 1 aromatic heterocycles. The van der Waals surface area contributed by atoms with Gasteiger partial charge in [-0.25, -0.2) is 9.78 Å². The van der Waals surface area contributed by atoms with Gasteiger partial charge in [-0.1, -0.05) is 11.6 Å². The number of carboxylic acids is 1. The van der Waals surface area contributed by atoms with Crippen molar-refractivity contribution in [3.8, 4) is 0 Å². The van der Waals surface area contributed by atoms with Gasteiger partial charge in [0.25, 0.3) is 0 Å². The van der Waals surface area contributed by atoms with Gasteiger partial charge in [0.1, 0.15) is 5.82 Å². The second-order valence-corrected chi connectivity index (χ2v) is 4.82. The number of anilines is 1. The molecule has 5 nitrogen and oxygen atoms in total. The summed E-state index contributed by atoms with van der Waals surface area (Å²) < 4.78 is 0. The SMILES string of the molecule is CN1CCCN(c2nccc(C(=O)O)c2Cl)CC1. The first-order chi connectivity index (χ1) is 8.59. The molecule has 2 rings (SSSR count). The summed E-state index contributed by atoms with van der Waals surface area (Å²) in [5.74, 6) is -0.442. The van der Waals surface area contributed by atoms with Crippen molar-refractivity contribution in [1.29, 1.82) is 0 Å². The van der Waals surface area contributed by atoms with Crippen LogP contribution < -0.4 is 4.90 Å². The molecule has 1 fully saturated rings. The van der Waals surface area contributed by atoms with Gasteiger partial charge < -0.3 is 14.9 Å². The van der Waals surface area contributed by atoms with Crippen LogP contribution in [-0.4, -0.2) is 54.2 Å². The van der Waals surface area contributed by atoms with Crippen molar-refractivity contribution >= 4 is 23.4 Å². The van der Waals surface area contributed by atoms with E-state index in [9.17, 15) is 4.79 Å². The molecule has 0 aromatic carbocycles. The van der Waals surface area contributed by atoms with E-state index in [0.29, 0.717) is 5.82 Å². The summed E-state index contributed by atoms with van der Waals surface area (Å²) in [4.78, 5) is 19.6. The Morgan fingerprint density at radius 1 is 1.39 bits per heavy atom. The topological polar surface area (TPSA) is 56.7 Å². The highest BCUT2D eigenvalue weighted by Gasteiger charge is 2.20. The lowest BCUT2D eigenvalue weighted by Crippen LogP contribution is -2.29. The third kappa shape index (κ3) is 2.73. The zero-order valence-corrected chi connectivity index (χ0v) is 11.0. The van der Waals surface area contributed by atoms with E-state index in [-0.39, 0.29) is 10.6 Å². The van der Waals surface area contributed by atoms with Crippen LogP contribution in [0.3, 0.4) is 0 Å². The van der Waals surface area contributed by atoms with Crippen molar-refractivity contribution in [1.82, 2.24) is 9.88 Å². The number of hydrogen-bond acceptors (Lipinski definition) is 4. The average molecular weight is 270 g/mol. The Hall–Kier alpha value is -1.33. The number of rotatable bonds is 2. The minimum Gasteiger partial charge on any atom is -0.478 e. The molecule has 1 N–H and O–H groups in total. The third-order valence-corrected chi connectivity index (χ3v) is 3.49. The Morgan fingerprint density at radius 3 is 2.89 bits per heavy atom. The van der Waals surface area contributed by atoms with E-state index in [1.165, 1.54) is 12.3 Å². The predicted molar refractivity (Wildman–Crippen MR) is 70.5 cm³/mol. The molecule has 1 aliphatic heterocycles. The minimum atomic E-state index is -1.02. The highest BCUT2D eigenvalue weighted by atomic mass is 35.5. The van der Waals surface area contributed by atoms with Crippen molar-refractivity contribution in [2.45, 2.75) is 6.42 Å². The molecule has 18 heavy (non-hydrogen) atoms. The molecular formula is C12H16ClN3O2. The average Bonchev–Trinajstić information content (AvgIpc) is 2.54. The summed E-state index contributed by atoms with van der Waals surface area (Å²) in [6.45, 7) is 3.62. The predicted octanol–water partition coefficient (Wildman–Crippen LogP) is 1.58. The quantitative estimate of drug-likeness (QED) is 0.883. The smallest absolute Gasteiger partial charge is 0.337 e. The van der Waals surface area contributed by atoms with E-state index in [1.807, 2.05) is 0 Å². The number of halogens is 1. The fourth-order valence-corrected chi connectivity index (χ4v) is 2.39. The summed E-state index contributed by atoms with van der Waals surface area (Å²) >= 11 is 6.13. The molecule has 1 aromatic rings. The monoisotopic (exact) mass is 269 g/mol. The van der Waals surface area contributed by atoms with E-state index >= 15 is 0 Å². The summed E-state index contributed by atoms with van der Waals surface area (Å²) in [6.07, 6.45) is 2.52. The molecular weight excluding hydrogens is 254 g/mol. The van der Waals surface area contributed by atoms with Crippen molar-refractivity contribution in [2.75, 3.05) is 38.1 Å². The summed E-state index contributed by atoms with van der Waals surface area (Å²) in [6, 6.07) is 1.43. The standard InChI is InChI=1S/C12H16ClN3O2/c1-15-5-2-6-16(8-7-15)11-10(13)9(12(17)18)3-4-14-11/h3-4H,2,5-8H2,1H3,(H,17,18). The van der Waals surface area contributed by atoms with Gasteiger partial charge in [-0.05, 0) is 26.1 Å². The first kappa shape index (κ1) is 13.1. The molecule has 6 heteroatoms. The number of carbonyl (C=O) groups is 1. The zero-order chi connectivity index (χ0) is 13.1. The van der Waals surface area contributed by atoms with Gasteiger partial charge >= 0.3 is 5.97 Å². The van der Waals surface area contributed by atoms with Gasteiger partial charge in [-0.15, -0.1) is 0 Å². The minimum absolute atomic E-state index is 0.110. The third-order valence-electron chi connectivity index (χ3n) is 3.12. The van der Waals surface area contributed by atoms with Crippen molar-refractivity contribution in [2.24, 2.45) is 0 Å². The van der Waals surface area contributed by atoms with Gasteiger partial charge in [0.2, 0.25) is 0 Å². The van der Waals surface area contributed by atoms with Crippen LogP contribution in [0.5, 0.6) is 0 Å². The molecule has 1 saturated heterocycles. The largest absolute Gasteiger partial charge is 0.478 e. The molecule has 0 aliphatic carbocycles. The molecule has 1 aliphatic rings. The van der Waals surface area contributed by atoms with Crippen molar-refractivity contribution in [3.05, 3.63) is 22.8 Å². The van der Waals surface area contributed by atoms with E-state index < -0.39 is 5.97 Å². The fourth-order valence-electron chi connectivity index (χ4n) is 2.08. The maximum Gasteiger partial charge on any atom is 0.337 e. The van der Waals surface area contributed by atoms with Gasteiger partial charge in [0, 0.05) is 25.8 Å². The maximum atomic E-state index is 11.0. The Kier molecular flexibility index (Phi) is 4.04. The Labute approximate surface area is 111 Å². The lowest BCUT2D eigenvalue weighted by molar-refractivity contribution is 0.0697. The van der Waals surface area contributed by atoms with Crippen LogP contribution in [0.1, 0.15) is 16.8 Å². The van der Waals surface area contributed by atoms with E-state index in [4.69, 9.17) is 16.7 Å². The lowest BCUT2D eigenvalue weighted by Gasteiger charge is -2.23. The Balaban J connectivity index is 2.27. The second kappa shape index (κ2) is 5.54. The number of carboxylic acid groups (broad SMARTS) is 1. The molecule has 98 valence electrons. The second-order valence-electron chi connectivity index (χ2n) is 4.45. The van der Waals surface area contributed by atoms with E-state index in [2.05, 4.69) is 21.8 Å². The van der Waals surface area contributed by atoms with Crippen LogP contribution in [0, 0.1) is 0 Å². The summed E-state index contributed by atoms with van der Waals surface area (Å²) in [5.41, 5.74) is 0.110. The van der Waals surface area contributed by atoms with Crippen LogP contribution in [-0.2, 0) is 0 Å². The number of pyridine rings is 1. The summed E-state index contributed by atoms with van der Waals surface area (Å²) in [5, 5.41) is 9.28. The highest BCUT2D eigenvalue weighted by molar-refractivity contribution is 6.35. The number of hydrogen-bond donors (Lipinski definition) is 1. The molecule has 0 radical (unpaired) electrons. The summed E-state index contributed by atoms with van der Waals surface area (Å²) in [7, 11) is 2.08. The zero-order valence-electron chi connectivity index (χ0n) is 10.3. The number of nitrogens with zero attached hydrogens (tertiary/aromatic N) is 3. The Bertz CT molecular complexity index is 453. The molecule has 0 saturated carbocycles. The van der Waals surface area contributed by atoms with Gasteiger partial charge in [0.05, 0.1) is 10.6 Å². The van der Waals surface area contributed by atoms with Crippen LogP contribution in [0.15, 0.2) is 12.3 Å². The lowest BCUT2D eigenvalue weighted by atomic mass is 10.2. The van der Waals surface area contributed by atoms with Crippen LogP contribution in [0.2, 0.25) is 5.02 Å². The molecule has 0 spiro atoms. The van der Waals surface area contributed by atoms with Crippen LogP contribution >= 0.6 is 11.6 Å². The number of aromatic carboxylic acids is 1. The first-order valence-electron chi connectivity index (χ1n) is 5.91. The molecule has 0 amide bonds. The number of aromatic nitrogens is 1.